The molecular formula is C12H15BrO2. The molecule has 15 heavy (non-hydrogen) atoms. The van der Waals surface area contributed by atoms with Crippen LogP contribution in [0.1, 0.15) is 30.9 Å². The molecule has 2 rings (SSSR count). The lowest BCUT2D eigenvalue weighted by atomic mass is 9.84. The van der Waals surface area contributed by atoms with Crippen molar-refractivity contribution in [3.05, 3.63) is 33.8 Å². The third-order valence-corrected chi connectivity index (χ3v) is 3.31. The first-order valence-electron chi connectivity index (χ1n) is 5.13. The number of benzene rings is 1. The Balaban J connectivity index is 2.46. The highest BCUT2D eigenvalue weighted by atomic mass is 79.9. The van der Waals surface area contributed by atoms with Crippen molar-refractivity contribution >= 4 is 15.9 Å². The molecule has 0 bridgehead atoms. The van der Waals surface area contributed by atoms with Gasteiger partial charge >= 0.3 is 0 Å². The summed E-state index contributed by atoms with van der Waals surface area (Å²) < 4.78 is 6.15. The van der Waals surface area contributed by atoms with Gasteiger partial charge in [-0.05, 0) is 29.2 Å². The third kappa shape index (κ3) is 1.96. The molecule has 1 aromatic rings. The van der Waals surface area contributed by atoms with E-state index in [1.165, 1.54) is 5.56 Å². The number of hydrogen-bond acceptors (Lipinski definition) is 2. The van der Waals surface area contributed by atoms with E-state index in [9.17, 15) is 5.11 Å². The van der Waals surface area contributed by atoms with Crippen LogP contribution in [0, 0.1) is 0 Å². The lowest BCUT2D eigenvalue weighted by molar-refractivity contribution is -0.185. The van der Waals surface area contributed by atoms with Gasteiger partial charge in [-0.3, -0.25) is 0 Å². The Morgan fingerprint density at radius 3 is 2.53 bits per heavy atom. The Hall–Kier alpha value is -0.380. The summed E-state index contributed by atoms with van der Waals surface area (Å²) in [4.78, 5) is 0. The zero-order valence-electron chi connectivity index (χ0n) is 8.96. The van der Waals surface area contributed by atoms with Crippen LogP contribution in [0.3, 0.4) is 0 Å². The van der Waals surface area contributed by atoms with E-state index >= 15 is 0 Å². The van der Waals surface area contributed by atoms with E-state index in [-0.39, 0.29) is 0 Å². The fraction of sp³-hybridized carbons (Fsp3) is 0.500. The molecule has 0 spiro atoms. The van der Waals surface area contributed by atoms with Crippen molar-refractivity contribution in [1.82, 2.24) is 0 Å². The van der Waals surface area contributed by atoms with E-state index < -0.39 is 5.60 Å². The molecule has 1 heterocycles. The highest BCUT2D eigenvalue weighted by Crippen LogP contribution is 2.36. The first-order valence-corrected chi connectivity index (χ1v) is 5.92. The van der Waals surface area contributed by atoms with Gasteiger partial charge in [0.2, 0.25) is 0 Å². The van der Waals surface area contributed by atoms with Gasteiger partial charge in [0.25, 0.3) is 0 Å². The average molecular weight is 271 g/mol. The molecule has 0 radical (unpaired) electrons. The fourth-order valence-electron chi connectivity index (χ4n) is 1.89. The zero-order chi connectivity index (χ0) is 11.1. The quantitative estimate of drug-likeness (QED) is 0.896. The van der Waals surface area contributed by atoms with Gasteiger partial charge < -0.3 is 9.84 Å². The first-order chi connectivity index (χ1) is 7.03. The number of halogens is 1. The molecule has 1 aliphatic heterocycles. The van der Waals surface area contributed by atoms with Crippen LogP contribution in [0.2, 0.25) is 0 Å². The summed E-state index contributed by atoms with van der Waals surface area (Å²) in [5, 5.41) is 10.3. The summed E-state index contributed by atoms with van der Waals surface area (Å²) in [5.74, 6) is 0.405. The van der Waals surface area contributed by atoms with Gasteiger partial charge in [-0.2, -0.15) is 0 Å². The SMILES string of the molecule is CC(C)c1cc(Br)ccc1C1(O)COC1. The topological polar surface area (TPSA) is 29.5 Å². The van der Waals surface area contributed by atoms with Crippen molar-refractivity contribution in [2.24, 2.45) is 0 Å². The number of hydrogen-bond donors (Lipinski definition) is 1. The van der Waals surface area contributed by atoms with Gasteiger partial charge in [-0.25, -0.2) is 0 Å². The first kappa shape index (κ1) is 11.1. The lowest BCUT2D eigenvalue weighted by Gasteiger charge is -2.38. The molecule has 0 aliphatic carbocycles. The maximum Gasteiger partial charge on any atom is 0.136 e. The number of ether oxygens (including phenoxy) is 1. The van der Waals surface area contributed by atoms with E-state index in [4.69, 9.17) is 4.74 Å². The fourth-order valence-corrected chi connectivity index (χ4v) is 2.26. The zero-order valence-corrected chi connectivity index (χ0v) is 10.5. The van der Waals surface area contributed by atoms with Crippen molar-refractivity contribution in [3.8, 4) is 0 Å². The van der Waals surface area contributed by atoms with Gasteiger partial charge in [0, 0.05) is 4.47 Å². The molecule has 3 heteroatoms. The predicted molar refractivity (Wildman–Crippen MR) is 62.9 cm³/mol. The highest BCUT2D eigenvalue weighted by Gasteiger charge is 2.39. The second kappa shape index (κ2) is 3.89. The number of rotatable bonds is 2. The standard InChI is InChI=1S/C12H15BrO2/c1-8(2)10-5-9(13)3-4-11(10)12(14)6-15-7-12/h3-5,8,14H,6-7H2,1-2H3. The van der Waals surface area contributed by atoms with E-state index in [0.717, 1.165) is 10.0 Å². The third-order valence-electron chi connectivity index (χ3n) is 2.82. The summed E-state index contributed by atoms with van der Waals surface area (Å²) in [5.41, 5.74) is 1.43. The van der Waals surface area contributed by atoms with Crippen LogP contribution >= 0.6 is 15.9 Å². The normalized spacial score (nSPS) is 19.0. The van der Waals surface area contributed by atoms with E-state index in [1.54, 1.807) is 0 Å². The molecule has 0 amide bonds. The van der Waals surface area contributed by atoms with Crippen molar-refractivity contribution < 1.29 is 9.84 Å². The van der Waals surface area contributed by atoms with Crippen LogP contribution in [-0.4, -0.2) is 18.3 Å². The average Bonchev–Trinajstić information content (AvgIpc) is 2.14. The van der Waals surface area contributed by atoms with Crippen LogP contribution in [0.5, 0.6) is 0 Å². The molecule has 2 nitrogen and oxygen atoms in total. The minimum Gasteiger partial charge on any atom is -0.380 e. The Bertz CT molecular complexity index is 370. The molecule has 1 aliphatic rings. The van der Waals surface area contributed by atoms with Crippen LogP contribution in [-0.2, 0) is 10.3 Å². The molecular weight excluding hydrogens is 256 g/mol. The van der Waals surface area contributed by atoms with Gasteiger partial charge in [-0.1, -0.05) is 35.8 Å². The van der Waals surface area contributed by atoms with Crippen molar-refractivity contribution in [3.63, 3.8) is 0 Å². The summed E-state index contributed by atoms with van der Waals surface area (Å²) in [6.45, 7) is 5.09. The molecule has 0 atom stereocenters. The Kier molecular flexibility index (Phi) is 2.88. The van der Waals surface area contributed by atoms with Gasteiger partial charge in [0.1, 0.15) is 5.60 Å². The second-order valence-corrected chi connectivity index (χ2v) is 5.33. The van der Waals surface area contributed by atoms with Crippen molar-refractivity contribution in [2.75, 3.05) is 13.2 Å². The van der Waals surface area contributed by atoms with Gasteiger partial charge in [-0.15, -0.1) is 0 Å². The minimum atomic E-state index is -0.764. The summed E-state index contributed by atoms with van der Waals surface area (Å²) in [7, 11) is 0. The molecule has 1 fully saturated rings. The molecule has 1 saturated heterocycles. The summed E-state index contributed by atoms with van der Waals surface area (Å²) in [6.07, 6.45) is 0. The monoisotopic (exact) mass is 270 g/mol. The molecule has 0 aromatic heterocycles. The Morgan fingerprint density at radius 1 is 1.40 bits per heavy atom. The van der Waals surface area contributed by atoms with Crippen molar-refractivity contribution in [1.29, 1.82) is 0 Å². The summed E-state index contributed by atoms with van der Waals surface area (Å²) in [6, 6.07) is 6.04. The molecule has 0 saturated carbocycles. The van der Waals surface area contributed by atoms with Crippen LogP contribution in [0.4, 0.5) is 0 Å². The van der Waals surface area contributed by atoms with E-state index in [2.05, 4.69) is 35.8 Å². The van der Waals surface area contributed by atoms with E-state index in [0.29, 0.717) is 19.1 Å². The predicted octanol–water partition coefficient (Wildman–Crippen LogP) is 2.79. The smallest absolute Gasteiger partial charge is 0.136 e. The maximum absolute atomic E-state index is 10.3. The number of aliphatic hydroxyl groups is 1. The maximum atomic E-state index is 10.3. The molecule has 1 N–H and O–H groups in total. The summed E-state index contributed by atoms with van der Waals surface area (Å²) >= 11 is 3.46. The van der Waals surface area contributed by atoms with Crippen LogP contribution < -0.4 is 0 Å². The Morgan fingerprint density at radius 2 is 2.07 bits per heavy atom. The van der Waals surface area contributed by atoms with Crippen LogP contribution in [0.25, 0.3) is 0 Å². The van der Waals surface area contributed by atoms with E-state index in [1.807, 2.05) is 12.1 Å². The van der Waals surface area contributed by atoms with Gasteiger partial charge in [0.05, 0.1) is 13.2 Å². The minimum absolute atomic E-state index is 0.405. The molecule has 82 valence electrons. The molecule has 1 aromatic carbocycles. The van der Waals surface area contributed by atoms with Crippen molar-refractivity contribution in [2.45, 2.75) is 25.4 Å². The van der Waals surface area contributed by atoms with Crippen LogP contribution in [0.15, 0.2) is 22.7 Å². The Labute approximate surface area is 98.4 Å². The lowest BCUT2D eigenvalue weighted by Crippen LogP contribution is -2.47. The molecule has 0 unspecified atom stereocenters. The second-order valence-electron chi connectivity index (χ2n) is 4.41. The van der Waals surface area contributed by atoms with Gasteiger partial charge in [0.15, 0.2) is 0 Å². The largest absolute Gasteiger partial charge is 0.380 e. The highest BCUT2D eigenvalue weighted by molar-refractivity contribution is 9.10.